The van der Waals surface area contributed by atoms with Gasteiger partial charge in [-0.3, -0.25) is 0 Å². The van der Waals surface area contributed by atoms with Crippen molar-refractivity contribution in [3.63, 3.8) is 0 Å². The van der Waals surface area contributed by atoms with E-state index in [2.05, 4.69) is 54.6 Å². The molecule has 0 amide bonds. The first kappa shape index (κ1) is 13.9. The van der Waals surface area contributed by atoms with Gasteiger partial charge in [-0.2, -0.15) is 0 Å². The molecule has 23 heavy (non-hydrogen) atoms. The summed E-state index contributed by atoms with van der Waals surface area (Å²) >= 11 is 0. The smallest absolute Gasteiger partial charge is 0.122 e. The zero-order chi connectivity index (χ0) is 15.6. The fourth-order valence-corrected chi connectivity index (χ4v) is 3.16. The Hall–Kier alpha value is -2.74. The largest absolute Gasteiger partial charge is 0.493 e. The number of anilines is 1. The van der Waals surface area contributed by atoms with Crippen LogP contribution in [0, 0.1) is 0 Å². The van der Waals surface area contributed by atoms with Crippen LogP contribution in [-0.4, -0.2) is 6.61 Å². The summed E-state index contributed by atoms with van der Waals surface area (Å²) < 4.78 is 5.77. The van der Waals surface area contributed by atoms with Gasteiger partial charge in [0.1, 0.15) is 5.75 Å². The first-order valence-electron chi connectivity index (χ1n) is 7.98. The summed E-state index contributed by atoms with van der Waals surface area (Å²) in [5.41, 5.74) is 13.0. The summed E-state index contributed by atoms with van der Waals surface area (Å²) in [5.74, 6) is 1.04. The lowest BCUT2D eigenvalue weighted by molar-refractivity contribution is 0.356. The van der Waals surface area contributed by atoms with Crippen LogP contribution in [0.4, 0.5) is 5.69 Å². The Morgan fingerprint density at radius 1 is 0.913 bits per heavy atom. The first-order chi connectivity index (χ1) is 11.3. The number of nitrogen functional groups attached to an aromatic ring is 1. The van der Waals surface area contributed by atoms with E-state index in [1.54, 1.807) is 0 Å². The third kappa shape index (κ3) is 2.80. The Kier molecular flexibility index (Phi) is 3.51. The van der Waals surface area contributed by atoms with Crippen molar-refractivity contribution in [1.82, 2.24) is 0 Å². The lowest BCUT2D eigenvalue weighted by Gasteiger charge is -2.13. The van der Waals surface area contributed by atoms with Crippen LogP contribution in [0.15, 0.2) is 66.7 Å². The third-order valence-electron chi connectivity index (χ3n) is 4.37. The van der Waals surface area contributed by atoms with Crippen molar-refractivity contribution in [2.75, 3.05) is 12.3 Å². The highest BCUT2D eigenvalue weighted by atomic mass is 16.5. The number of fused-ring (bicyclic) bond motifs is 1. The second-order valence-electron chi connectivity index (χ2n) is 6.00. The molecule has 1 aliphatic heterocycles. The topological polar surface area (TPSA) is 35.2 Å². The summed E-state index contributed by atoms with van der Waals surface area (Å²) in [6.45, 7) is 0.783. The van der Waals surface area contributed by atoms with E-state index in [-0.39, 0.29) is 0 Å². The lowest BCUT2D eigenvalue weighted by Crippen LogP contribution is -1.95. The number of nitrogens with two attached hydrogens (primary N) is 1. The molecule has 0 saturated carbocycles. The van der Waals surface area contributed by atoms with Gasteiger partial charge < -0.3 is 10.5 Å². The van der Waals surface area contributed by atoms with E-state index in [9.17, 15) is 0 Å². The molecule has 2 heteroatoms. The van der Waals surface area contributed by atoms with Gasteiger partial charge in [0.15, 0.2) is 0 Å². The molecule has 0 radical (unpaired) electrons. The Morgan fingerprint density at radius 2 is 1.70 bits per heavy atom. The van der Waals surface area contributed by atoms with Gasteiger partial charge in [0.05, 0.1) is 6.61 Å². The molecule has 0 fully saturated rings. The first-order valence-corrected chi connectivity index (χ1v) is 7.98. The van der Waals surface area contributed by atoms with E-state index >= 15 is 0 Å². The Morgan fingerprint density at radius 3 is 2.48 bits per heavy atom. The normalized spacial score (nSPS) is 12.7. The van der Waals surface area contributed by atoms with Crippen molar-refractivity contribution in [2.24, 2.45) is 0 Å². The quantitative estimate of drug-likeness (QED) is 0.725. The molecule has 0 spiro atoms. The van der Waals surface area contributed by atoms with Crippen molar-refractivity contribution in [3.05, 3.63) is 83.4 Å². The number of benzene rings is 3. The molecule has 0 bridgehead atoms. The highest BCUT2D eigenvalue weighted by molar-refractivity contribution is 5.72. The molecular formula is C21H19NO. The van der Waals surface area contributed by atoms with Crippen molar-refractivity contribution in [1.29, 1.82) is 0 Å². The summed E-state index contributed by atoms with van der Waals surface area (Å²) in [4.78, 5) is 0. The summed E-state index contributed by atoms with van der Waals surface area (Å²) in [6.07, 6.45) is 1.89. The minimum Gasteiger partial charge on any atom is -0.493 e. The predicted octanol–water partition coefficient (Wildman–Crippen LogP) is 4.46. The number of rotatable bonds is 3. The molecule has 114 valence electrons. The maximum Gasteiger partial charge on any atom is 0.122 e. The van der Waals surface area contributed by atoms with Gasteiger partial charge in [0.25, 0.3) is 0 Å². The van der Waals surface area contributed by atoms with E-state index in [0.717, 1.165) is 30.9 Å². The number of hydrogen-bond acceptors (Lipinski definition) is 2. The van der Waals surface area contributed by atoms with Crippen LogP contribution >= 0.6 is 0 Å². The molecule has 4 rings (SSSR count). The van der Waals surface area contributed by atoms with Gasteiger partial charge in [0, 0.05) is 12.1 Å². The minimum atomic E-state index is 0.783. The van der Waals surface area contributed by atoms with E-state index in [1.165, 1.54) is 27.8 Å². The SMILES string of the molecule is Nc1ccc(-c2cc3c(cc2Cc2ccccc2)OCC3)cc1. The van der Waals surface area contributed by atoms with E-state index < -0.39 is 0 Å². The fourth-order valence-electron chi connectivity index (χ4n) is 3.16. The molecule has 1 aliphatic rings. The zero-order valence-corrected chi connectivity index (χ0v) is 13.0. The van der Waals surface area contributed by atoms with Crippen LogP contribution in [0.2, 0.25) is 0 Å². The summed E-state index contributed by atoms with van der Waals surface area (Å²) in [7, 11) is 0. The minimum absolute atomic E-state index is 0.783. The molecule has 1 heterocycles. The molecule has 3 aromatic rings. The molecule has 0 atom stereocenters. The molecule has 0 saturated heterocycles. The van der Waals surface area contributed by atoms with E-state index in [4.69, 9.17) is 10.5 Å². The highest BCUT2D eigenvalue weighted by Gasteiger charge is 2.17. The molecular weight excluding hydrogens is 282 g/mol. The standard InChI is InChI=1S/C21H19NO/c22-19-8-6-16(7-9-19)20-13-17-10-11-23-21(17)14-18(20)12-15-4-2-1-3-5-15/h1-9,13-14H,10-12,22H2. The Bertz CT molecular complexity index is 822. The predicted molar refractivity (Wildman–Crippen MR) is 94.7 cm³/mol. The number of ether oxygens (including phenoxy) is 1. The second-order valence-corrected chi connectivity index (χ2v) is 6.00. The maximum absolute atomic E-state index is 5.84. The van der Waals surface area contributed by atoms with Gasteiger partial charge in [-0.15, -0.1) is 0 Å². The molecule has 3 aromatic carbocycles. The molecule has 0 aliphatic carbocycles. The van der Waals surface area contributed by atoms with E-state index in [1.807, 2.05) is 12.1 Å². The molecule has 2 nitrogen and oxygen atoms in total. The monoisotopic (exact) mass is 301 g/mol. The third-order valence-corrected chi connectivity index (χ3v) is 4.37. The van der Waals surface area contributed by atoms with Gasteiger partial charge in [0.2, 0.25) is 0 Å². The summed E-state index contributed by atoms with van der Waals surface area (Å²) in [5, 5.41) is 0. The summed E-state index contributed by atoms with van der Waals surface area (Å²) in [6, 6.07) is 23.2. The van der Waals surface area contributed by atoms with Crippen molar-refractivity contribution in [3.8, 4) is 16.9 Å². The fraction of sp³-hybridized carbons (Fsp3) is 0.143. The van der Waals surface area contributed by atoms with Crippen LogP contribution in [0.25, 0.3) is 11.1 Å². The molecule has 2 N–H and O–H groups in total. The van der Waals surface area contributed by atoms with Crippen LogP contribution in [0.1, 0.15) is 16.7 Å². The van der Waals surface area contributed by atoms with Gasteiger partial charge in [-0.05, 0) is 58.5 Å². The number of hydrogen-bond donors (Lipinski definition) is 1. The van der Waals surface area contributed by atoms with Crippen LogP contribution in [0.5, 0.6) is 5.75 Å². The average molecular weight is 301 g/mol. The highest BCUT2D eigenvalue weighted by Crippen LogP contribution is 2.35. The van der Waals surface area contributed by atoms with Gasteiger partial charge >= 0.3 is 0 Å². The van der Waals surface area contributed by atoms with Crippen molar-refractivity contribution in [2.45, 2.75) is 12.8 Å². The van der Waals surface area contributed by atoms with Crippen molar-refractivity contribution < 1.29 is 4.74 Å². The average Bonchev–Trinajstić information content (AvgIpc) is 3.03. The lowest BCUT2D eigenvalue weighted by atomic mass is 9.92. The van der Waals surface area contributed by atoms with Gasteiger partial charge in [-0.25, -0.2) is 0 Å². The van der Waals surface area contributed by atoms with E-state index in [0.29, 0.717) is 0 Å². The maximum atomic E-state index is 5.84. The second kappa shape index (κ2) is 5.81. The Balaban J connectivity index is 1.81. The molecule has 0 unspecified atom stereocenters. The van der Waals surface area contributed by atoms with Crippen LogP contribution in [0.3, 0.4) is 0 Å². The van der Waals surface area contributed by atoms with Crippen LogP contribution in [-0.2, 0) is 12.8 Å². The Labute approximate surface area is 136 Å². The van der Waals surface area contributed by atoms with Crippen LogP contribution < -0.4 is 10.5 Å². The zero-order valence-electron chi connectivity index (χ0n) is 13.0. The molecule has 0 aromatic heterocycles. The van der Waals surface area contributed by atoms with Crippen molar-refractivity contribution >= 4 is 5.69 Å². The van der Waals surface area contributed by atoms with Gasteiger partial charge in [-0.1, -0.05) is 42.5 Å².